The maximum absolute atomic E-state index is 12.6. The van der Waals surface area contributed by atoms with E-state index in [0.717, 1.165) is 37.1 Å². The molecule has 2 amide bonds. The second-order valence-corrected chi connectivity index (χ2v) is 8.52. The van der Waals surface area contributed by atoms with E-state index in [1.807, 2.05) is 35.0 Å². The van der Waals surface area contributed by atoms with Crippen LogP contribution in [0.25, 0.3) is 0 Å². The average Bonchev–Trinajstić information content (AvgIpc) is 3.23. The minimum Gasteiger partial charge on any atom is -0.349 e. The van der Waals surface area contributed by atoms with E-state index >= 15 is 0 Å². The monoisotopic (exact) mass is 399 g/mol. The Morgan fingerprint density at radius 3 is 2.46 bits per heavy atom. The smallest absolute Gasteiger partial charge is 0.252 e. The summed E-state index contributed by atoms with van der Waals surface area (Å²) in [7, 11) is 0. The van der Waals surface area contributed by atoms with Crippen molar-refractivity contribution in [1.82, 2.24) is 15.5 Å². The van der Waals surface area contributed by atoms with Gasteiger partial charge < -0.3 is 10.6 Å². The highest BCUT2D eigenvalue weighted by Crippen LogP contribution is 2.21. The normalized spacial score (nSPS) is 16.7. The molecule has 28 heavy (non-hydrogen) atoms. The lowest BCUT2D eigenvalue weighted by Crippen LogP contribution is -2.48. The van der Waals surface area contributed by atoms with Crippen molar-refractivity contribution in [2.24, 2.45) is 5.92 Å². The van der Waals surface area contributed by atoms with Gasteiger partial charge in [0.05, 0.1) is 12.6 Å². The van der Waals surface area contributed by atoms with Crippen LogP contribution in [0.4, 0.5) is 0 Å². The number of thiophene rings is 1. The summed E-state index contributed by atoms with van der Waals surface area (Å²) in [5.74, 6) is 0.382. The van der Waals surface area contributed by atoms with Gasteiger partial charge >= 0.3 is 0 Å². The highest BCUT2D eigenvalue weighted by Gasteiger charge is 2.24. The van der Waals surface area contributed by atoms with Gasteiger partial charge in [-0.05, 0) is 35.8 Å². The number of carbonyl (C=O) groups excluding carboxylic acids is 2. The molecule has 1 aliphatic rings. The standard InChI is InChI=1S/C22H29N3O2S/c1-16(2)21(17-6-4-3-5-7-17)24-20(26)14-25-11-8-19(9-12-25)23-22(27)18-10-13-28-15-18/h3-7,10,13,15-16,19,21H,8-9,11-12,14H2,1-2H3,(H,23,27)(H,24,26). The van der Waals surface area contributed by atoms with Crippen LogP contribution in [0.3, 0.4) is 0 Å². The number of nitrogens with one attached hydrogen (secondary N) is 2. The first-order valence-electron chi connectivity index (χ1n) is 9.92. The summed E-state index contributed by atoms with van der Waals surface area (Å²) in [4.78, 5) is 26.9. The minimum atomic E-state index is 0.0000735. The molecule has 0 bridgehead atoms. The molecule has 0 saturated carbocycles. The van der Waals surface area contributed by atoms with Crippen molar-refractivity contribution in [3.05, 3.63) is 58.3 Å². The van der Waals surface area contributed by atoms with Crippen LogP contribution >= 0.6 is 11.3 Å². The van der Waals surface area contributed by atoms with E-state index in [4.69, 9.17) is 0 Å². The average molecular weight is 400 g/mol. The fraction of sp³-hybridized carbons (Fsp3) is 0.455. The summed E-state index contributed by atoms with van der Waals surface area (Å²) in [6.07, 6.45) is 1.74. The van der Waals surface area contributed by atoms with Gasteiger partial charge in [-0.15, -0.1) is 0 Å². The van der Waals surface area contributed by atoms with E-state index in [0.29, 0.717) is 12.5 Å². The molecule has 1 unspecified atom stereocenters. The highest BCUT2D eigenvalue weighted by molar-refractivity contribution is 7.08. The Morgan fingerprint density at radius 2 is 1.86 bits per heavy atom. The molecule has 1 aliphatic heterocycles. The van der Waals surface area contributed by atoms with Crippen LogP contribution in [-0.4, -0.2) is 42.4 Å². The lowest BCUT2D eigenvalue weighted by atomic mass is 9.96. The lowest BCUT2D eigenvalue weighted by Gasteiger charge is -2.32. The predicted molar refractivity (Wildman–Crippen MR) is 113 cm³/mol. The van der Waals surface area contributed by atoms with Gasteiger partial charge in [0, 0.05) is 30.1 Å². The van der Waals surface area contributed by atoms with E-state index in [1.54, 1.807) is 0 Å². The Kier molecular flexibility index (Phi) is 7.23. The third-order valence-corrected chi connectivity index (χ3v) is 5.90. The van der Waals surface area contributed by atoms with Crippen molar-refractivity contribution in [3.63, 3.8) is 0 Å². The van der Waals surface area contributed by atoms with Gasteiger partial charge in [-0.2, -0.15) is 11.3 Å². The van der Waals surface area contributed by atoms with Crippen LogP contribution in [0.1, 0.15) is 48.7 Å². The van der Waals surface area contributed by atoms with E-state index < -0.39 is 0 Å². The molecule has 5 nitrogen and oxygen atoms in total. The molecule has 0 spiro atoms. The third-order valence-electron chi connectivity index (χ3n) is 5.22. The van der Waals surface area contributed by atoms with E-state index in [-0.39, 0.29) is 23.9 Å². The molecule has 1 saturated heterocycles. The van der Waals surface area contributed by atoms with Crippen LogP contribution in [0.15, 0.2) is 47.2 Å². The predicted octanol–water partition coefficient (Wildman–Crippen LogP) is 3.46. The molecule has 0 radical (unpaired) electrons. The number of carbonyl (C=O) groups is 2. The van der Waals surface area contributed by atoms with Crippen molar-refractivity contribution < 1.29 is 9.59 Å². The van der Waals surface area contributed by atoms with Crippen molar-refractivity contribution >= 4 is 23.2 Å². The molecule has 1 aromatic carbocycles. The molecule has 1 aromatic heterocycles. The molecule has 0 aliphatic carbocycles. The summed E-state index contributed by atoms with van der Waals surface area (Å²) >= 11 is 1.53. The Hall–Kier alpha value is -2.18. The van der Waals surface area contributed by atoms with Crippen molar-refractivity contribution in [2.75, 3.05) is 19.6 Å². The molecule has 2 aromatic rings. The van der Waals surface area contributed by atoms with Crippen molar-refractivity contribution in [1.29, 1.82) is 0 Å². The first-order chi connectivity index (χ1) is 13.5. The molecule has 1 atom stereocenters. The number of piperidine rings is 1. The highest BCUT2D eigenvalue weighted by atomic mass is 32.1. The Labute approximate surface area is 171 Å². The quantitative estimate of drug-likeness (QED) is 0.750. The van der Waals surface area contributed by atoms with Gasteiger partial charge in [-0.3, -0.25) is 14.5 Å². The van der Waals surface area contributed by atoms with Gasteiger partial charge in [0.15, 0.2) is 0 Å². The molecule has 150 valence electrons. The second-order valence-electron chi connectivity index (χ2n) is 7.74. The Bertz CT molecular complexity index is 753. The number of likely N-dealkylation sites (tertiary alicyclic amines) is 1. The fourth-order valence-corrected chi connectivity index (χ4v) is 4.25. The number of benzene rings is 1. The van der Waals surface area contributed by atoms with Crippen molar-refractivity contribution in [3.8, 4) is 0 Å². The van der Waals surface area contributed by atoms with Gasteiger partial charge in [0.2, 0.25) is 5.91 Å². The number of hydrogen-bond donors (Lipinski definition) is 2. The topological polar surface area (TPSA) is 61.4 Å². The van der Waals surface area contributed by atoms with E-state index in [1.165, 1.54) is 11.3 Å². The molecule has 6 heteroatoms. The maximum atomic E-state index is 12.6. The van der Waals surface area contributed by atoms with Crippen LogP contribution < -0.4 is 10.6 Å². The number of rotatable bonds is 7. The maximum Gasteiger partial charge on any atom is 0.252 e. The summed E-state index contributed by atoms with van der Waals surface area (Å²) in [6.45, 7) is 6.29. The minimum absolute atomic E-state index is 0.0000735. The lowest BCUT2D eigenvalue weighted by molar-refractivity contribution is -0.123. The van der Waals surface area contributed by atoms with Crippen molar-refractivity contribution in [2.45, 2.75) is 38.8 Å². The van der Waals surface area contributed by atoms with E-state index in [9.17, 15) is 9.59 Å². The summed E-state index contributed by atoms with van der Waals surface area (Å²) in [6, 6.07) is 12.2. The number of nitrogens with zero attached hydrogens (tertiary/aromatic N) is 1. The molecule has 2 N–H and O–H groups in total. The molecule has 3 rings (SSSR count). The molecule has 2 heterocycles. The number of hydrogen-bond acceptors (Lipinski definition) is 4. The van der Waals surface area contributed by atoms with Gasteiger partial charge in [0.25, 0.3) is 5.91 Å². The zero-order valence-corrected chi connectivity index (χ0v) is 17.4. The fourth-order valence-electron chi connectivity index (χ4n) is 3.62. The first-order valence-corrected chi connectivity index (χ1v) is 10.9. The molecular formula is C22H29N3O2S. The van der Waals surface area contributed by atoms with Gasteiger partial charge in [-0.25, -0.2) is 0 Å². The van der Waals surface area contributed by atoms with Crippen LogP contribution in [0.2, 0.25) is 0 Å². The first kappa shape index (κ1) is 20.6. The Balaban J connectivity index is 1.45. The zero-order valence-electron chi connectivity index (χ0n) is 16.6. The summed E-state index contributed by atoms with van der Waals surface area (Å²) in [5.41, 5.74) is 1.87. The van der Waals surface area contributed by atoms with Crippen LogP contribution in [0, 0.1) is 5.92 Å². The SMILES string of the molecule is CC(C)C(NC(=O)CN1CCC(NC(=O)c2ccsc2)CC1)c1ccccc1. The zero-order chi connectivity index (χ0) is 19.9. The summed E-state index contributed by atoms with van der Waals surface area (Å²) < 4.78 is 0. The van der Waals surface area contributed by atoms with Crippen LogP contribution in [0.5, 0.6) is 0 Å². The second kappa shape index (κ2) is 9.85. The molecular weight excluding hydrogens is 370 g/mol. The van der Waals surface area contributed by atoms with E-state index in [2.05, 4.69) is 41.5 Å². The summed E-state index contributed by atoms with van der Waals surface area (Å²) in [5, 5.41) is 10.1. The Morgan fingerprint density at radius 1 is 1.14 bits per heavy atom. The van der Waals surface area contributed by atoms with Crippen LogP contribution in [-0.2, 0) is 4.79 Å². The molecule has 1 fully saturated rings. The number of amides is 2. The third kappa shape index (κ3) is 5.66. The van der Waals surface area contributed by atoms with Gasteiger partial charge in [0.1, 0.15) is 0 Å². The largest absolute Gasteiger partial charge is 0.349 e. The van der Waals surface area contributed by atoms with Gasteiger partial charge in [-0.1, -0.05) is 44.2 Å².